The van der Waals surface area contributed by atoms with Gasteiger partial charge in [0, 0.05) is 17.8 Å². The van der Waals surface area contributed by atoms with Gasteiger partial charge in [-0.2, -0.15) is 5.10 Å². The summed E-state index contributed by atoms with van der Waals surface area (Å²) in [4.78, 5) is 23.9. The molecule has 0 fully saturated rings. The Morgan fingerprint density at radius 3 is 2.40 bits per heavy atom. The van der Waals surface area contributed by atoms with Crippen LogP contribution in [0.5, 0.6) is 0 Å². The molecule has 0 aliphatic carbocycles. The molecule has 1 aromatic heterocycles. The van der Waals surface area contributed by atoms with E-state index >= 15 is 0 Å². The first-order valence-electron chi connectivity index (χ1n) is 8.39. The SMILES string of the molecule is Cc1nn(CC(C)C)c(C)c1CC(=O)N[C@H](C(=O)O)c1ccccc1. The zero-order valence-corrected chi connectivity index (χ0v) is 15.1. The Morgan fingerprint density at radius 1 is 1.20 bits per heavy atom. The first-order chi connectivity index (χ1) is 11.8. The Labute approximate surface area is 147 Å². The smallest absolute Gasteiger partial charge is 0.330 e. The molecule has 134 valence electrons. The number of nitrogens with zero attached hydrogens (tertiary/aromatic N) is 2. The van der Waals surface area contributed by atoms with Gasteiger partial charge in [0.15, 0.2) is 6.04 Å². The molecule has 2 N–H and O–H groups in total. The van der Waals surface area contributed by atoms with Gasteiger partial charge in [0.05, 0.1) is 12.1 Å². The van der Waals surface area contributed by atoms with Gasteiger partial charge in [-0.25, -0.2) is 4.79 Å². The Hall–Kier alpha value is -2.63. The fourth-order valence-corrected chi connectivity index (χ4v) is 2.82. The lowest BCUT2D eigenvalue weighted by atomic mass is 10.1. The summed E-state index contributed by atoms with van der Waals surface area (Å²) in [6.45, 7) is 8.82. The van der Waals surface area contributed by atoms with Crippen LogP contribution in [0.4, 0.5) is 0 Å². The number of aryl methyl sites for hydroxylation is 1. The number of amides is 1. The Balaban J connectivity index is 2.14. The molecule has 0 aliphatic rings. The van der Waals surface area contributed by atoms with Crippen LogP contribution in [0.3, 0.4) is 0 Å². The summed E-state index contributed by atoms with van der Waals surface area (Å²) >= 11 is 0. The van der Waals surface area contributed by atoms with Crippen LogP contribution >= 0.6 is 0 Å². The van der Waals surface area contributed by atoms with Gasteiger partial charge < -0.3 is 10.4 Å². The van der Waals surface area contributed by atoms with Crippen molar-refractivity contribution in [2.75, 3.05) is 0 Å². The topological polar surface area (TPSA) is 84.2 Å². The average Bonchev–Trinajstić information content (AvgIpc) is 2.80. The Kier molecular flexibility index (Phi) is 5.96. The van der Waals surface area contributed by atoms with Gasteiger partial charge in [0.2, 0.25) is 5.91 Å². The van der Waals surface area contributed by atoms with Gasteiger partial charge >= 0.3 is 5.97 Å². The van der Waals surface area contributed by atoms with Gasteiger partial charge in [-0.05, 0) is 25.3 Å². The summed E-state index contributed by atoms with van der Waals surface area (Å²) < 4.78 is 1.91. The van der Waals surface area contributed by atoms with E-state index in [1.807, 2.05) is 18.5 Å². The van der Waals surface area contributed by atoms with E-state index in [1.54, 1.807) is 30.3 Å². The van der Waals surface area contributed by atoms with Crippen molar-refractivity contribution in [2.45, 2.75) is 46.7 Å². The molecule has 0 spiro atoms. The van der Waals surface area contributed by atoms with Crippen molar-refractivity contribution in [2.24, 2.45) is 5.92 Å². The lowest BCUT2D eigenvalue weighted by Gasteiger charge is -2.15. The summed E-state index contributed by atoms with van der Waals surface area (Å²) in [5, 5.41) is 16.5. The maximum atomic E-state index is 12.4. The van der Waals surface area contributed by atoms with Crippen molar-refractivity contribution >= 4 is 11.9 Å². The molecular weight excluding hydrogens is 318 g/mol. The third kappa shape index (κ3) is 4.68. The fourth-order valence-electron chi connectivity index (χ4n) is 2.82. The highest BCUT2D eigenvalue weighted by atomic mass is 16.4. The van der Waals surface area contributed by atoms with Crippen molar-refractivity contribution in [3.05, 3.63) is 52.8 Å². The van der Waals surface area contributed by atoms with Crippen molar-refractivity contribution < 1.29 is 14.7 Å². The largest absolute Gasteiger partial charge is 0.479 e. The minimum Gasteiger partial charge on any atom is -0.479 e. The molecule has 1 heterocycles. The molecule has 1 amide bonds. The molecule has 2 rings (SSSR count). The number of benzene rings is 1. The molecule has 25 heavy (non-hydrogen) atoms. The summed E-state index contributed by atoms with van der Waals surface area (Å²) in [5.41, 5.74) is 3.16. The first-order valence-corrected chi connectivity index (χ1v) is 8.39. The molecule has 0 saturated heterocycles. The van der Waals surface area contributed by atoms with Crippen molar-refractivity contribution in [1.82, 2.24) is 15.1 Å². The highest BCUT2D eigenvalue weighted by molar-refractivity contribution is 5.86. The maximum absolute atomic E-state index is 12.4. The summed E-state index contributed by atoms with van der Waals surface area (Å²) in [7, 11) is 0. The number of rotatable bonds is 7. The third-order valence-electron chi connectivity index (χ3n) is 4.09. The quantitative estimate of drug-likeness (QED) is 0.809. The van der Waals surface area contributed by atoms with Crippen molar-refractivity contribution in [1.29, 1.82) is 0 Å². The molecule has 1 aromatic carbocycles. The summed E-state index contributed by atoms with van der Waals surface area (Å²) in [6, 6.07) is 7.63. The molecular formula is C19H25N3O3. The summed E-state index contributed by atoms with van der Waals surface area (Å²) in [5.74, 6) is -0.954. The number of hydrogen-bond acceptors (Lipinski definition) is 3. The van der Waals surface area contributed by atoms with E-state index in [1.165, 1.54) is 0 Å². The highest BCUT2D eigenvalue weighted by Gasteiger charge is 2.23. The normalized spacial score (nSPS) is 12.2. The number of aromatic nitrogens is 2. The zero-order valence-electron chi connectivity index (χ0n) is 15.1. The molecule has 0 bridgehead atoms. The van der Waals surface area contributed by atoms with Gasteiger partial charge in [-0.3, -0.25) is 9.48 Å². The number of carboxylic acids is 1. The molecule has 6 nitrogen and oxygen atoms in total. The number of carboxylic acid groups (broad SMARTS) is 1. The number of carbonyl (C=O) groups excluding carboxylic acids is 1. The van der Waals surface area contributed by atoms with Crippen LogP contribution in [0.1, 0.15) is 42.4 Å². The van der Waals surface area contributed by atoms with E-state index in [0.717, 1.165) is 23.5 Å². The molecule has 1 atom stereocenters. The standard InChI is InChI=1S/C19H25N3O3/c1-12(2)11-22-14(4)16(13(3)21-22)10-17(23)20-18(19(24)25)15-8-6-5-7-9-15/h5-9,12,18H,10-11H2,1-4H3,(H,20,23)(H,24,25)/t18-/m0/s1. The van der Waals surface area contributed by atoms with E-state index in [2.05, 4.69) is 24.3 Å². The fraction of sp³-hybridized carbons (Fsp3) is 0.421. The minimum atomic E-state index is -1.08. The molecule has 0 radical (unpaired) electrons. The molecule has 0 saturated carbocycles. The second-order valence-electron chi connectivity index (χ2n) is 6.65. The van der Waals surface area contributed by atoms with E-state index < -0.39 is 12.0 Å². The Morgan fingerprint density at radius 2 is 1.84 bits per heavy atom. The van der Waals surface area contributed by atoms with E-state index in [0.29, 0.717) is 11.5 Å². The number of carbonyl (C=O) groups is 2. The Bertz CT molecular complexity index is 751. The molecule has 2 aromatic rings. The summed E-state index contributed by atoms with van der Waals surface area (Å²) in [6.07, 6.45) is 0.117. The maximum Gasteiger partial charge on any atom is 0.330 e. The minimum absolute atomic E-state index is 0.117. The predicted molar refractivity (Wildman–Crippen MR) is 95.2 cm³/mol. The second kappa shape index (κ2) is 7.96. The monoisotopic (exact) mass is 343 g/mol. The first kappa shape index (κ1) is 18.7. The molecule has 0 unspecified atom stereocenters. The third-order valence-corrected chi connectivity index (χ3v) is 4.09. The molecule has 6 heteroatoms. The van der Waals surface area contributed by atoms with Crippen LogP contribution in [-0.2, 0) is 22.6 Å². The average molecular weight is 343 g/mol. The van der Waals surface area contributed by atoms with Crippen LogP contribution in [0.2, 0.25) is 0 Å². The van der Waals surface area contributed by atoms with Gasteiger partial charge in [-0.15, -0.1) is 0 Å². The van der Waals surface area contributed by atoms with Crippen LogP contribution in [0.25, 0.3) is 0 Å². The van der Waals surface area contributed by atoms with Crippen LogP contribution in [0.15, 0.2) is 30.3 Å². The van der Waals surface area contributed by atoms with Crippen LogP contribution in [-0.4, -0.2) is 26.8 Å². The highest BCUT2D eigenvalue weighted by Crippen LogP contribution is 2.17. The number of aliphatic carboxylic acids is 1. The van der Waals surface area contributed by atoms with Gasteiger partial charge in [0.1, 0.15) is 0 Å². The number of nitrogens with one attached hydrogen (secondary N) is 1. The van der Waals surface area contributed by atoms with E-state index in [4.69, 9.17) is 0 Å². The second-order valence-corrected chi connectivity index (χ2v) is 6.65. The lowest BCUT2D eigenvalue weighted by Crippen LogP contribution is -2.34. The van der Waals surface area contributed by atoms with Crippen molar-refractivity contribution in [3.8, 4) is 0 Å². The number of hydrogen-bond donors (Lipinski definition) is 2. The van der Waals surface area contributed by atoms with Crippen molar-refractivity contribution in [3.63, 3.8) is 0 Å². The van der Waals surface area contributed by atoms with Gasteiger partial charge in [0.25, 0.3) is 0 Å². The van der Waals surface area contributed by atoms with Crippen LogP contribution < -0.4 is 5.32 Å². The zero-order chi connectivity index (χ0) is 18.6. The lowest BCUT2D eigenvalue weighted by molar-refractivity contribution is -0.141. The van der Waals surface area contributed by atoms with Crippen LogP contribution in [0, 0.1) is 19.8 Å². The molecule has 0 aliphatic heterocycles. The van der Waals surface area contributed by atoms with Gasteiger partial charge in [-0.1, -0.05) is 44.2 Å². The predicted octanol–water partition coefficient (Wildman–Crippen LogP) is 2.64. The van der Waals surface area contributed by atoms with E-state index in [9.17, 15) is 14.7 Å². The van der Waals surface area contributed by atoms with E-state index in [-0.39, 0.29) is 12.3 Å².